The van der Waals surface area contributed by atoms with Gasteiger partial charge in [-0.1, -0.05) is 23.2 Å². The second-order valence-electron chi connectivity index (χ2n) is 3.55. The number of hydrogen-bond acceptors (Lipinski definition) is 3. The van der Waals surface area contributed by atoms with Gasteiger partial charge >= 0.3 is 0 Å². The molecule has 17 heavy (non-hydrogen) atoms. The fraction of sp³-hybridized carbons (Fsp3) is 0.400. The molecule has 0 spiro atoms. The minimum Gasteiger partial charge on any atom is -0.383 e. The van der Waals surface area contributed by atoms with Crippen LogP contribution in [0.4, 0.5) is 0 Å². The minimum absolute atomic E-state index is 0.0328. The van der Waals surface area contributed by atoms with Crippen LogP contribution in [0.15, 0.2) is 23.1 Å². The second kappa shape index (κ2) is 6.02. The van der Waals surface area contributed by atoms with Crippen LogP contribution in [0.1, 0.15) is 6.92 Å². The molecule has 0 saturated heterocycles. The molecule has 1 rings (SSSR count). The summed E-state index contributed by atoms with van der Waals surface area (Å²) in [6.07, 6.45) is 0. The van der Waals surface area contributed by atoms with Gasteiger partial charge in [-0.3, -0.25) is 0 Å². The average molecular weight is 298 g/mol. The SMILES string of the molecule is COC[C@@H](C)NS(=O)(=O)c1cc(Cl)ccc1Cl. The van der Waals surface area contributed by atoms with E-state index in [9.17, 15) is 8.42 Å². The number of nitrogens with one attached hydrogen (secondary N) is 1. The highest BCUT2D eigenvalue weighted by molar-refractivity contribution is 7.89. The van der Waals surface area contributed by atoms with Gasteiger partial charge < -0.3 is 4.74 Å². The second-order valence-corrected chi connectivity index (χ2v) is 6.08. The first-order valence-electron chi connectivity index (χ1n) is 4.83. The molecule has 96 valence electrons. The molecule has 0 saturated carbocycles. The Morgan fingerprint density at radius 1 is 1.41 bits per heavy atom. The fourth-order valence-corrected chi connectivity index (χ4v) is 3.29. The van der Waals surface area contributed by atoms with Crippen molar-refractivity contribution < 1.29 is 13.2 Å². The number of benzene rings is 1. The van der Waals surface area contributed by atoms with Crippen molar-refractivity contribution in [2.24, 2.45) is 0 Å². The highest BCUT2D eigenvalue weighted by Gasteiger charge is 2.20. The van der Waals surface area contributed by atoms with E-state index >= 15 is 0 Å². The molecule has 1 atom stereocenters. The predicted octanol–water partition coefficient (Wildman–Crippen LogP) is 2.31. The summed E-state index contributed by atoms with van der Waals surface area (Å²) in [6, 6.07) is 3.94. The molecule has 0 bridgehead atoms. The summed E-state index contributed by atoms with van der Waals surface area (Å²) in [5.74, 6) is 0. The highest BCUT2D eigenvalue weighted by atomic mass is 35.5. The Hall–Kier alpha value is -0.330. The number of sulfonamides is 1. The van der Waals surface area contributed by atoms with Gasteiger partial charge in [-0.05, 0) is 25.1 Å². The monoisotopic (exact) mass is 297 g/mol. The third-order valence-electron chi connectivity index (χ3n) is 1.96. The van der Waals surface area contributed by atoms with Gasteiger partial charge in [0.05, 0.1) is 11.6 Å². The van der Waals surface area contributed by atoms with Crippen molar-refractivity contribution in [3.63, 3.8) is 0 Å². The van der Waals surface area contributed by atoms with Crippen molar-refractivity contribution in [2.75, 3.05) is 13.7 Å². The normalized spacial score (nSPS) is 13.6. The maximum absolute atomic E-state index is 12.0. The van der Waals surface area contributed by atoms with Crippen molar-refractivity contribution in [1.82, 2.24) is 4.72 Å². The number of methoxy groups -OCH3 is 1. The Balaban J connectivity index is 3.01. The first-order chi connectivity index (χ1) is 7.86. The number of ether oxygens (including phenoxy) is 1. The van der Waals surface area contributed by atoms with Crippen LogP contribution in [0.3, 0.4) is 0 Å². The van der Waals surface area contributed by atoms with Crippen LogP contribution in [-0.2, 0) is 14.8 Å². The summed E-state index contributed by atoms with van der Waals surface area (Å²) in [5, 5.41) is 0.445. The van der Waals surface area contributed by atoms with Gasteiger partial charge in [-0.15, -0.1) is 0 Å². The molecule has 4 nitrogen and oxygen atoms in total. The summed E-state index contributed by atoms with van der Waals surface area (Å²) in [7, 11) is -2.18. The molecule has 1 aromatic carbocycles. The lowest BCUT2D eigenvalue weighted by Gasteiger charge is -2.14. The van der Waals surface area contributed by atoms with Crippen LogP contribution >= 0.6 is 23.2 Å². The van der Waals surface area contributed by atoms with Crippen LogP contribution in [0.5, 0.6) is 0 Å². The molecule has 0 unspecified atom stereocenters. The highest BCUT2D eigenvalue weighted by Crippen LogP contribution is 2.24. The molecule has 0 amide bonds. The fourth-order valence-electron chi connectivity index (χ4n) is 1.30. The lowest BCUT2D eigenvalue weighted by atomic mass is 10.4. The Morgan fingerprint density at radius 3 is 2.65 bits per heavy atom. The zero-order valence-electron chi connectivity index (χ0n) is 9.41. The number of halogens is 2. The van der Waals surface area contributed by atoms with Gasteiger partial charge in [0.1, 0.15) is 4.90 Å². The third kappa shape index (κ3) is 4.12. The third-order valence-corrected chi connectivity index (χ3v) is 4.26. The van der Waals surface area contributed by atoms with E-state index in [1.807, 2.05) is 0 Å². The van der Waals surface area contributed by atoms with Crippen LogP contribution in [0.25, 0.3) is 0 Å². The van der Waals surface area contributed by atoms with Crippen LogP contribution in [-0.4, -0.2) is 28.2 Å². The minimum atomic E-state index is -3.68. The van der Waals surface area contributed by atoms with Crippen LogP contribution < -0.4 is 4.72 Å². The molecule has 1 aromatic rings. The molecule has 0 aliphatic carbocycles. The van der Waals surface area contributed by atoms with E-state index < -0.39 is 10.0 Å². The standard InChI is InChI=1S/C10H13Cl2NO3S/c1-7(6-16-2)13-17(14,15)10-5-8(11)3-4-9(10)12/h3-5,7,13H,6H2,1-2H3/t7-/m1/s1. The Kier molecular flexibility index (Phi) is 5.22. The van der Waals surface area contributed by atoms with Gasteiger partial charge in [0.25, 0.3) is 0 Å². The topological polar surface area (TPSA) is 55.4 Å². The molecule has 7 heteroatoms. The smallest absolute Gasteiger partial charge is 0.242 e. The zero-order chi connectivity index (χ0) is 13.1. The van der Waals surface area contributed by atoms with Gasteiger partial charge in [0.15, 0.2) is 0 Å². The lowest BCUT2D eigenvalue weighted by molar-refractivity contribution is 0.180. The summed E-state index contributed by atoms with van der Waals surface area (Å²) < 4.78 is 31.3. The predicted molar refractivity (Wildman–Crippen MR) is 68.1 cm³/mol. The Morgan fingerprint density at radius 2 is 2.06 bits per heavy atom. The average Bonchev–Trinajstić information content (AvgIpc) is 2.21. The van der Waals surface area contributed by atoms with E-state index in [-0.39, 0.29) is 22.6 Å². The van der Waals surface area contributed by atoms with E-state index in [0.717, 1.165) is 0 Å². The summed E-state index contributed by atoms with van der Waals surface area (Å²) in [5.41, 5.74) is 0. The van der Waals surface area contributed by atoms with E-state index in [2.05, 4.69) is 4.72 Å². The first-order valence-corrected chi connectivity index (χ1v) is 7.07. The van der Waals surface area contributed by atoms with Crippen molar-refractivity contribution in [3.05, 3.63) is 28.2 Å². The van der Waals surface area contributed by atoms with Crippen molar-refractivity contribution >= 4 is 33.2 Å². The van der Waals surface area contributed by atoms with Gasteiger partial charge in [-0.25, -0.2) is 13.1 Å². The van der Waals surface area contributed by atoms with E-state index in [0.29, 0.717) is 5.02 Å². The van der Waals surface area contributed by atoms with Gasteiger partial charge in [-0.2, -0.15) is 0 Å². The molecule has 0 aliphatic heterocycles. The molecule has 0 aromatic heterocycles. The number of hydrogen-bond donors (Lipinski definition) is 1. The Labute approximate surface area is 111 Å². The largest absolute Gasteiger partial charge is 0.383 e. The van der Waals surface area contributed by atoms with Gasteiger partial charge in [0, 0.05) is 18.2 Å². The first kappa shape index (κ1) is 14.7. The van der Waals surface area contributed by atoms with Crippen molar-refractivity contribution in [2.45, 2.75) is 17.9 Å². The quantitative estimate of drug-likeness (QED) is 0.907. The maximum atomic E-state index is 12.0. The van der Waals surface area contributed by atoms with Gasteiger partial charge in [0.2, 0.25) is 10.0 Å². The van der Waals surface area contributed by atoms with E-state index in [1.165, 1.54) is 25.3 Å². The zero-order valence-corrected chi connectivity index (χ0v) is 11.7. The lowest BCUT2D eigenvalue weighted by Crippen LogP contribution is -2.35. The summed E-state index contributed by atoms with van der Waals surface area (Å²) >= 11 is 11.6. The molecule has 0 heterocycles. The number of rotatable bonds is 5. The molecular formula is C10H13Cl2NO3S. The van der Waals surface area contributed by atoms with Crippen molar-refractivity contribution in [1.29, 1.82) is 0 Å². The molecule has 0 fully saturated rings. The van der Waals surface area contributed by atoms with Crippen LogP contribution in [0, 0.1) is 0 Å². The maximum Gasteiger partial charge on any atom is 0.242 e. The molecule has 0 aliphatic rings. The summed E-state index contributed by atoms with van der Waals surface area (Å²) in [6.45, 7) is 1.97. The molecular weight excluding hydrogens is 285 g/mol. The summed E-state index contributed by atoms with van der Waals surface area (Å²) in [4.78, 5) is -0.0328. The Bertz CT molecular complexity index is 490. The molecule has 1 N–H and O–H groups in total. The van der Waals surface area contributed by atoms with E-state index in [1.54, 1.807) is 6.92 Å². The van der Waals surface area contributed by atoms with Crippen molar-refractivity contribution in [3.8, 4) is 0 Å². The van der Waals surface area contributed by atoms with E-state index in [4.69, 9.17) is 27.9 Å². The van der Waals surface area contributed by atoms with Crippen LogP contribution in [0.2, 0.25) is 10.0 Å². The molecule has 0 radical (unpaired) electrons.